The van der Waals surface area contributed by atoms with Crippen molar-refractivity contribution >= 4 is 36.1 Å². The number of alkyl carbamates (subject to hydrolysis) is 2. The molecule has 0 bridgehead atoms. The first-order chi connectivity index (χ1) is 45.8. The minimum Gasteiger partial charge on any atom is -0.460 e. The molecule has 58 heteroatoms. The lowest BCUT2D eigenvalue weighted by atomic mass is 10.1. The van der Waals surface area contributed by atoms with E-state index in [-0.39, 0.29) is 0 Å². The van der Waals surface area contributed by atoms with Gasteiger partial charge in [-0.15, -0.1) is 0 Å². The first-order valence-corrected chi connectivity index (χ1v) is 25.3. The molecule has 0 saturated carbocycles. The molecule has 2 N–H and O–H groups in total. The second-order valence-corrected chi connectivity index (χ2v) is 21.0. The van der Waals surface area contributed by atoms with Crippen LogP contribution in [0, 0.1) is 0 Å². The predicted molar refractivity (Wildman–Crippen MR) is 249 cm³/mol. The van der Waals surface area contributed by atoms with Gasteiger partial charge < -0.3 is 39.1 Å². The Morgan fingerprint density at radius 3 is 0.505 bits per heavy atom. The van der Waals surface area contributed by atoms with Crippen LogP contribution >= 0.6 is 0 Å². The molecular formula is C47H40F38N2O18. The van der Waals surface area contributed by atoms with Gasteiger partial charge in [-0.3, -0.25) is 0 Å². The molecule has 0 aliphatic rings. The van der Waals surface area contributed by atoms with E-state index in [2.05, 4.69) is 54.7 Å². The number of alkyl halides is 38. The van der Waals surface area contributed by atoms with Crippen molar-refractivity contribution in [3.63, 3.8) is 0 Å². The fraction of sp³-hybridized carbons (Fsp3) is 0.702. The highest BCUT2D eigenvalue weighted by Crippen LogP contribution is 2.61. The van der Waals surface area contributed by atoms with Gasteiger partial charge in [-0.25, -0.2) is 57.2 Å². The summed E-state index contributed by atoms with van der Waals surface area (Å²) in [5.74, 6) is -65.4. The normalized spacial score (nSPS) is 14.7. The van der Waals surface area contributed by atoms with Gasteiger partial charge in [0.15, 0.2) is 13.2 Å². The Labute approximate surface area is 554 Å². The van der Waals surface area contributed by atoms with Gasteiger partial charge >= 0.3 is 151 Å². The molecule has 0 aliphatic heterocycles. The van der Waals surface area contributed by atoms with Crippen LogP contribution in [0.5, 0.6) is 0 Å². The van der Waals surface area contributed by atoms with Gasteiger partial charge in [0.25, 0.3) is 0 Å². The van der Waals surface area contributed by atoms with Crippen molar-refractivity contribution < 1.29 is 252 Å². The van der Waals surface area contributed by atoms with E-state index in [4.69, 9.17) is 0 Å². The molecule has 0 saturated heterocycles. The van der Waals surface area contributed by atoms with Gasteiger partial charge in [0.1, 0.15) is 37.5 Å². The van der Waals surface area contributed by atoms with Gasteiger partial charge in [-0.2, -0.15) is 167 Å². The summed E-state index contributed by atoms with van der Waals surface area (Å²) in [6, 6.07) is 0. The summed E-state index contributed by atoms with van der Waals surface area (Å²) in [5, 5.41) is 2.69. The topological polar surface area (TPSA) is 237 Å². The first kappa shape index (κ1) is 97.5. The van der Waals surface area contributed by atoms with E-state index in [1.165, 1.54) is 20.1 Å². The maximum absolute atomic E-state index is 14.4. The number of halogens is 38. The molecular weight excluding hydrogens is 1600 g/mol. The number of esters is 4. The van der Waals surface area contributed by atoms with Gasteiger partial charge in [-0.05, 0) is 41.5 Å². The van der Waals surface area contributed by atoms with Crippen LogP contribution in [-0.2, 0) is 76.0 Å². The summed E-state index contributed by atoms with van der Waals surface area (Å²) in [7, 11) is 0. The standard InChI is InChI=1S/C47H40F38N2O18/c1-17(2)21(88)94-11-27(9,12-95-22(89)18(3)4)86-25(92)98-15-29(48,49)36(62,63)100-38(66,67)31(52,53)40(70,71)102-42(74,75)33(56,57)44(78,79)104-46(82,83)35(60,61)47(84,85)105-45(80,81)34(58,59)43(76,77)103-41(72,73)32(54,55)39(68,69)101-37(64,65)30(50,51)16-99-26(93)87-28(10,13-96-23(90)19(5)6)14-97-24(91)20(7)8/h1,3,5,7,11-16H2,2,4,6,8-10H3,(H,86,92)(H,87,93). The second-order valence-electron chi connectivity index (χ2n) is 21.0. The Bertz CT molecular complexity index is 2950. The molecule has 20 nitrogen and oxygen atoms in total. The summed E-state index contributed by atoms with van der Waals surface area (Å²) in [6.45, 7) is 5.08. The highest BCUT2D eigenvalue weighted by atomic mass is 19.4. The fourth-order valence-electron chi connectivity index (χ4n) is 5.27. The van der Waals surface area contributed by atoms with Crippen molar-refractivity contribution in [3.05, 3.63) is 48.6 Å². The van der Waals surface area contributed by atoms with E-state index in [9.17, 15) is 196 Å². The van der Waals surface area contributed by atoms with E-state index in [1.54, 1.807) is 0 Å². The van der Waals surface area contributed by atoms with Crippen LogP contribution in [0.3, 0.4) is 0 Å². The molecule has 105 heavy (non-hydrogen) atoms. The summed E-state index contributed by atoms with van der Waals surface area (Å²) < 4.78 is 573. The van der Waals surface area contributed by atoms with Crippen LogP contribution in [0.1, 0.15) is 41.5 Å². The maximum Gasteiger partial charge on any atom is 0.433 e. The molecule has 0 unspecified atom stereocenters. The maximum atomic E-state index is 14.4. The molecule has 612 valence electrons. The van der Waals surface area contributed by atoms with Crippen molar-refractivity contribution in [2.75, 3.05) is 39.6 Å². The van der Waals surface area contributed by atoms with E-state index in [0.717, 1.165) is 46.6 Å². The lowest BCUT2D eigenvalue weighted by molar-refractivity contribution is -0.573. The second kappa shape index (κ2) is 31.0. The number of rotatable bonds is 42. The van der Waals surface area contributed by atoms with Crippen molar-refractivity contribution in [1.82, 2.24) is 10.6 Å². The third-order valence-corrected chi connectivity index (χ3v) is 11.1. The number of carbonyl (C=O) groups is 6. The average molecular weight is 1640 g/mol. The Balaban J connectivity index is 6.86. The quantitative estimate of drug-likeness (QED) is 0.0250. The van der Waals surface area contributed by atoms with Crippen molar-refractivity contribution in [2.24, 2.45) is 0 Å². The average Bonchev–Trinajstić information content (AvgIpc) is 0.728. The number of nitrogens with one attached hydrogen (secondary N) is 2. The zero-order valence-electron chi connectivity index (χ0n) is 51.3. The summed E-state index contributed by atoms with van der Waals surface area (Å²) in [6.07, 6.45) is -111. The zero-order valence-corrected chi connectivity index (χ0v) is 51.3. The van der Waals surface area contributed by atoms with Crippen molar-refractivity contribution in [2.45, 2.75) is 167 Å². The molecule has 0 rings (SSSR count). The molecule has 0 spiro atoms. The van der Waals surface area contributed by atoms with Crippen molar-refractivity contribution in [3.8, 4) is 0 Å². The molecule has 0 fully saturated rings. The van der Waals surface area contributed by atoms with Crippen LogP contribution in [-0.4, -0.2) is 202 Å². The highest BCUT2D eigenvalue weighted by molar-refractivity contribution is 5.88. The SMILES string of the molecule is C=C(C)C(=O)OCC(C)(COC(=O)C(=C)C)NC(=O)OCC(F)(F)C(F)(F)OC(F)(F)C(F)(F)C(F)(F)OC(F)(F)C(F)(F)C(F)(F)OC(F)(F)C(F)(F)C(F)(F)OC(F)(F)C(F)(F)C(F)(F)OC(F)(F)C(F)(F)C(F)(F)OC(F)(F)C(F)(F)COC(=O)NC(C)(COC(=O)C(=C)C)COC(=O)C(=C)C. The smallest absolute Gasteiger partial charge is 0.433 e. The van der Waals surface area contributed by atoms with Gasteiger partial charge in [0.05, 0.1) is 0 Å². The van der Waals surface area contributed by atoms with Crippen LogP contribution in [0.15, 0.2) is 48.6 Å². The van der Waals surface area contributed by atoms with E-state index >= 15 is 0 Å². The molecule has 0 atom stereocenters. The fourth-order valence-corrected chi connectivity index (χ4v) is 5.27. The van der Waals surface area contributed by atoms with Crippen LogP contribution in [0.2, 0.25) is 0 Å². The molecule has 0 radical (unpaired) electrons. The molecule has 0 aliphatic carbocycles. The summed E-state index contributed by atoms with van der Waals surface area (Å²) >= 11 is 0. The Kier molecular flexibility index (Phi) is 28.8. The van der Waals surface area contributed by atoms with Gasteiger partial charge in [0, 0.05) is 22.3 Å². The van der Waals surface area contributed by atoms with Crippen molar-refractivity contribution in [1.29, 1.82) is 0 Å². The number of hydrogen-bond donors (Lipinski definition) is 2. The van der Waals surface area contributed by atoms with Gasteiger partial charge in [0.2, 0.25) is 0 Å². The summed E-state index contributed by atoms with van der Waals surface area (Å²) in [5.41, 5.74) is -6.80. The van der Waals surface area contributed by atoms with E-state index in [0.29, 0.717) is 13.8 Å². The Morgan fingerprint density at radius 2 is 0.371 bits per heavy atom. The largest absolute Gasteiger partial charge is 0.460 e. The molecule has 0 heterocycles. The lowest BCUT2D eigenvalue weighted by Gasteiger charge is -2.40. The minimum atomic E-state index is -9.44. The van der Waals surface area contributed by atoms with Crippen LogP contribution < -0.4 is 10.6 Å². The molecule has 0 aromatic heterocycles. The third kappa shape index (κ3) is 21.9. The molecule has 0 aromatic carbocycles. The Morgan fingerprint density at radius 1 is 0.238 bits per heavy atom. The summed E-state index contributed by atoms with van der Waals surface area (Å²) in [4.78, 5) is 71.4. The number of amides is 2. The minimum absolute atomic E-state index is 0.453. The van der Waals surface area contributed by atoms with E-state index < -0.39 is 224 Å². The first-order valence-electron chi connectivity index (χ1n) is 25.3. The van der Waals surface area contributed by atoms with E-state index in [1.807, 2.05) is 0 Å². The lowest BCUT2D eigenvalue weighted by Crippen LogP contribution is -2.68. The third-order valence-electron chi connectivity index (χ3n) is 11.1. The monoisotopic (exact) mass is 1640 g/mol. The Hall–Kier alpha value is -7.52. The van der Waals surface area contributed by atoms with Gasteiger partial charge in [-0.1, -0.05) is 26.3 Å². The number of hydrogen-bond acceptors (Lipinski definition) is 18. The molecule has 2 amide bonds. The number of carbonyl (C=O) groups excluding carboxylic acids is 6. The highest BCUT2D eigenvalue weighted by Gasteiger charge is 2.89. The number of ether oxygens (including phenoxy) is 12. The predicted octanol–water partition coefficient (Wildman–Crippen LogP) is 14.1. The van der Waals surface area contributed by atoms with Crippen LogP contribution in [0.25, 0.3) is 0 Å². The molecule has 0 aromatic rings. The zero-order chi connectivity index (χ0) is 84.4. The van der Waals surface area contributed by atoms with Crippen LogP contribution in [0.4, 0.5) is 176 Å².